The number of aliphatic hydroxyl groups is 1. The fourth-order valence-electron chi connectivity index (χ4n) is 2.52. The number of halogens is 2. The van der Waals surface area contributed by atoms with Gasteiger partial charge in [-0.15, -0.1) is 0 Å². The average molecular weight is 545 g/mol. The molecule has 2 atom stereocenters. The van der Waals surface area contributed by atoms with Crippen molar-refractivity contribution >= 4 is 48.5 Å². The van der Waals surface area contributed by atoms with Gasteiger partial charge in [-0.25, -0.2) is 0 Å². The van der Waals surface area contributed by atoms with Gasteiger partial charge in [0.1, 0.15) is 9.34 Å². The van der Waals surface area contributed by atoms with Crippen molar-refractivity contribution in [3.05, 3.63) is 11.6 Å². The average Bonchev–Trinajstić information content (AvgIpc) is 2.45. The molecule has 0 aliphatic heterocycles. The fourth-order valence-corrected chi connectivity index (χ4v) is 5.81. The molecule has 0 saturated carbocycles. The normalized spacial score (nSPS) is 25.7. The van der Waals surface area contributed by atoms with Crippen LogP contribution in [0.25, 0.3) is 0 Å². The Labute approximate surface area is 186 Å². The fraction of sp³-hybridized carbons (Fsp3) is 0.900. The van der Waals surface area contributed by atoms with Gasteiger partial charge in [0.05, 0.1) is 12.7 Å². The molecule has 0 unspecified atom stereocenters. The van der Waals surface area contributed by atoms with E-state index in [0.717, 1.165) is 12.0 Å². The van der Waals surface area contributed by atoms with Crippen molar-refractivity contribution in [1.29, 1.82) is 0 Å². The first kappa shape index (κ1) is 26.0. The van der Waals surface area contributed by atoms with Gasteiger partial charge in [-0.2, -0.15) is 0 Å². The van der Waals surface area contributed by atoms with Crippen LogP contribution in [0, 0.1) is 0 Å². The first-order valence-corrected chi connectivity index (χ1v) is 17.5. The summed E-state index contributed by atoms with van der Waals surface area (Å²) in [5, 5.41) is 11.6. The Morgan fingerprint density at radius 3 is 1.96 bits per heavy atom. The third-order valence-electron chi connectivity index (χ3n) is 6.76. The van der Waals surface area contributed by atoms with Crippen LogP contribution in [-0.2, 0) is 8.85 Å². The molecule has 1 rings (SSSR count). The van der Waals surface area contributed by atoms with Crippen LogP contribution in [0.4, 0.5) is 0 Å². The van der Waals surface area contributed by atoms with E-state index < -0.39 is 22.2 Å². The molecule has 7 heteroatoms. The van der Waals surface area contributed by atoms with E-state index in [1.165, 1.54) is 0 Å². The van der Waals surface area contributed by atoms with Crippen LogP contribution in [-0.4, -0.2) is 43.8 Å². The zero-order valence-electron chi connectivity index (χ0n) is 18.9. The van der Waals surface area contributed by atoms with Gasteiger partial charge in [-0.05, 0) is 54.7 Å². The van der Waals surface area contributed by atoms with E-state index in [1.807, 2.05) is 0 Å². The second-order valence-corrected chi connectivity index (χ2v) is 23.5. The van der Waals surface area contributed by atoms with E-state index in [2.05, 4.69) is 106 Å². The second kappa shape index (κ2) is 8.63. The summed E-state index contributed by atoms with van der Waals surface area (Å²) >= 11 is 7.11. The molecule has 1 aliphatic carbocycles. The molecule has 160 valence electrons. The van der Waals surface area contributed by atoms with Gasteiger partial charge in [0.15, 0.2) is 16.6 Å². The lowest BCUT2D eigenvalue weighted by atomic mass is 9.84. The Hall–Kier alpha value is 1.01. The van der Waals surface area contributed by atoms with Gasteiger partial charge >= 0.3 is 0 Å². The third-order valence-corrected chi connectivity index (χ3v) is 17.3. The Morgan fingerprint density at radius 2 is 1.56 bits per heavy atom. The van der Waals surface area contributed by atoms with Crippen molar-refractivity contribution in [2.75, 3.05) is 6.61 Å². The Kier molecular flexibility index (Phi) is 8.33. The summed E-state index contributed by atoms with van der Waals surface area (Å²) in [4.78, 5) is 0. The molecule has 0 heterocycles. The van der Waals surface area contributed by atoms with Gasteiger partial charge in [0, 0.05) is 0 Å². The Balaban J connectivity index is 3.10. The van der Waals surface area contributed by atoms with Crippen LogP contribution in [0.3, 0.4) is 0 Å². The topological polar surface area (TPSA) is 38.7 Å². The van der Waals surface area contributed by atoms with Crippen LogP contribution in [0.1, 0.15) is 54.4 Å². The van der Waals surface area contributed by atoms with E-state index in [1.54, 1.807) is 0 Å². The van der Waals surface area contributed by atoms with Crippen molar-refractivity contribution < 1.29 is 14.0 Å². The van der Waals surface area contributed by atoms with Crippen LogP contribution >= 0.6 is 31.9 Å². The van der Waals surface area contributed by atoms with E-state index >= 15 is 0 Å². The summed E-state index contributed by atoms with van der Waals surface area (Å²) in [7, 11) is -3.77. The molecule has 0 bridgehead atoms. The molecule has 0 aromatic heterocycles. The summed E-state index contributed by atoms with van der Waals surface area (Å²) in [5.41, 5.74) is -0.0172. The summed E-state index contributed by atoms with van der Waals surface area (Å²) in [5.74, 6) is 0. The van der Waals surface area contributed by atoms with Gasteiger partial charge in [-0.1, -0.05) is 79.5 Å². The molecule has 0 aromatic carbocycles. The monoisotopic (exact) mass is 542 g/mol. The van der Waals surface area contributed by atoms with Crippen LogP contribution < -0.4 is 0 Å². The lowest BCUT2D eigenvalue weighted by molar-refractivity contribution is 0.0491. The van der Waals surface area contributed by atoms with Crippen molar-refractivity contribution in [3.63, 3.8) is 0 Å². The molecule has 0 aromatic rings. The van der Waals surface area contributed by atoms with Crippen molar-refractivity contribution in [1.82, 2.24) is 0 Å². The molecule has 0 fully saturated rings. The minimum atomic E-state index is -1.90. The molecule has 27 heavy (non-hydrogen) atoms. The number of hydrogen-bond donors (Lipinski definition) is 1. The van der Waals surface area contributed by atoms with Crippen molar-refractivity contribution in [3.8, 4) is 0 Å². The van der Waals surface area contributed by atoms with Crippen molar-refractivity contribution in [2.24, 2.45) is 0 Å². The summed E-state index contributed by atoms with van der Waals surface area (Å²) in [6.45, 7) is 23.0. The van der Waals surface area contributed by atoms with E-state index in [0.29, 0.717) is 13.0 Å². The maximum absolute atomic E-state index is 11.3. The first-order valence-electron chi connectivity index (χ1n) is 9.87. The van der Waals surface area contributed by atoms with Crippen LogP contribution in [0.15, 0.2) is 11.6 Å². The third kappa shape index (κ3) is 6.25. The molecular formula is C20H40Br2O3Si2. The molecule has 3 nitrogen and oxygen atoms in total. The molecule has 0 radical (unpaired) electrons. The van der Waals surface area contributed by atoms with Crippen LogP contribution in [0.2, 0.25) is 36.3 Å². The predicted molar refractivity (Wildman–Crippen MR) is 129 cm³/mol. The maximum Gasteiger partial charge on any atom is 0.192 e. The molecular weight excluding hydrogens is 504 g/mol. The maximum atomic E-state index is 11.3. The van der Waals surface area contributed by atoms with Crippen molar-refractivity contribution in [2.45, 2.75) is 106 Å². The minimum Gasteiger partial charge on any atom is -0.413 e. The molecule has 0 saturated heterocycles. The SMILES string of the molecule is CC(C)(C)[Si](C)(C)OCC1=C[C@@H](O[Si](C)(C)C(C)(C)C)CC[C@@]1(O)C(Br)Br. The highest BCUT2D eigenvalue weighted by atomic mass is 79.9. The smallest absolute Gasteiger partial charge is 0.192 e. The summed E-state index contributed by atoms with van der Waals surface area (Å²) in [6, 6.07) is 0. The summed E-state index contributed by atoms with van der Waals surface area (Å²) in [6.07, 6.45) is 3.65. The van der Waals surface area contributed by atoms with E-state index in [4.69, 9.17) is 8.85 Å². The Bertz CT molecular complexity index is 548. The number of alkyl halides is 2. The zero-order valence-corrected chi connectivity index (χ0v) is 24.0. The van der Waals surface area contributed by atoms with E-state index in [9.17, 15) is 5.11 Å². The van der Waals surface area contributed by atoms with Crippen LogP contribution in [0.5, 0.6) is 0 Å². The molecule has 0 amide bonds. The molecule has 0 spiro atoms. The summed E-state index contributed by atoms with van der Waals surface area (Å²) < 4.78 is 12.9. The zero-order chi connectivity index (χ0) is 21.5. The highest BCUT2D eigenvalue weighted by Gasteiger charge is 2.45. The standard InChI is InChI=1S/C20H40Br2O3Si2/c1-18(2,3)26(7,8)24-14-15-13-16(11-12-20(15,23)17(21)22)25-27(9,10)19(4,5)6/h13,16-17,23H,11-12,14H2,1-10H3/t16-,20-/m0/s1. The van der Waals surface area contributed by atoms with Gasteiger partial charge in [0.25, 0.3) is 0 Å². The van der Waals surface area contributed by atoms with Gasteiger partial charge in [-0.3, -0.25) is 0 Å². The highest BCUT2D eigenvalue weighted by Crippen LogP contribution is 2.44. The highest BCUT2D eigenvalue weighted by molar-refractivity contribution is 9.24. The molecule has 1 aliphatic rings. The number of hydrogen-bond acceptors (Lipinski definition) is 3. The predicted octanol–water partition coefficient (Wildman–Crippen LogP) is 6.97. The largest absolute Gasteiger partial charge is 0.413 e. The second-order valence-electron chi connectivity index (χ2n) is 10.9. The van der Waals surface area contributed by atoms with E-state index in [-0.39, 0.29) is 19.9 Å². The minimum absolute atomic E-state index is 0.0444. The Morgan fingerprint density at radius 1 is 1.07 bits per heavy atom. The lowest BCUT2D eigenvalue weighted by Gasteiger charge is -2.44. The lowest BCUT2D eigenvalue weighted by Crippen LogP contribution is -2.49. The molecule has 1 N–H and O–H groups in total. The first-order chi connectivity index (χ1) is 11.8. The quantitative estimate of drug-likeness (QED) is 0.223. The van der Waals surface area contributed by atoms with Gasteiger partial charge in [0.2, 0.25) is 0 Å². The number of rotatable bonds is 6. The van der Waals surface area contributed by atoms with Gasteiger partial charge < -0.3 is 14.0 Å².